The Morgan fingerprint density at radius 1 is 1.44 bits per heavy atom. The van der Waals surface area contributed by atoms with Gasteiger partial charge in [0, 0.05) is 10.6 Å². The quantitative estimate of drug-likeness (QED) is 0.515. The first kappa shape index (κ1) is 13.3. The summed E-state index contributed by atoms with van der Waals surface area (Å²) in [5.74, 6) is 1.53. The molecule has 0 aromatic heterocycles. The van der Waals surface area contributed by atoms with Gasteiger partial charge in [-0.05, 0) is 30.9 Å². The summed E-state index contributed by atoms with van der Waals surface area (Å²) in [6.07, 6.45) is 5.35. The molecular weight excluding hydrogens is 246 g/mol. The molecule has 2 rings (SSSR count). The molecule has 0 atom stereocenters. The maximum Gasteiger partial charge on any atom is 0.339 e. The van der Waals surface area contributed by atoms with Gasteiger partial charge in [0.05, 0.1) is 18.4 Å². The molecule has 18 heavy (non-hydrogen) atoms. The highest BCUT2D eigenvalue weighted by atomic mass is 32.2. The molecule has 4 heteroatoms. The maximum absolute atomic E-state index is 11.5. The number of rotatable bonds is 4. The van der Waals surface area contributed by atoms with E-state index < -0.39 is 0 Å². The summed E-state index contributed by atoms with van der Waals surface area (Å²) in [7, 11) is 1.38. The number of nitrogen functional groups attached to an aromatic ring is 1. The number of thioether (sulfide) groups is 1. The fourth-order valence-corrected chi connectivity index (χ4v) is 3.53. The van der Waals surface area contributed by atoms with E-state index in [4.69, 9.17) is 10.5 Å². The summed E-state index contributed by atoms with van der Waals surface area (Å²) in [6, 6.07) is 5.54. The van der Waals surface area contributed by atoms with Gasteiger partial charge < -0.3 is 10.5 Å². The van der Waals surface area contributed by atoms with Crippen LogP contribution < -0.4 is 5.73 Å². The molecule has 1 saturated carbocycles. The van der Waals surface area contributed by atoms with Gasteiger partial charge in [-0.15, -0.1) is 11.8 Å². The van der Waals surface area contributed by atoms with E-state index in [0.29, 0.717) is 11.3 Å². The number of nitrogens with two attached hydrogens (primary N) is 1. The molecule has 1 fully saturated rings. The summed E-state index contributed by atoms with van der Waals surface area (Å²) < 4.78 is 4.72. The molecule has 1 aliphatic rings. The molecule has 0 heterocycles. The SMILES string of the molecule is COC(=O)c1cccc(SCC2CCCC2)c1N. The summed E-state index contributed by atoms with van der Waals surface area (Å²) in [6.45, 7) is 0. The summed E-state index contributed by atoms with van der Waals surface area (Å²) in [5.41, 5.74) is 7.04. The van der Waals surface area contributed by atoms with Crippen molar-refractivity contribution >= 4 is 23.4 Å². The minimum Gasteiger partial charge on any atom is -0.465 e. The normalized spacial score (nSPS) is 15.8. The number of para-hydroxylation sites is 1. The van der Waals surface area contributed by atoms with Crippen molar-refractivity contribution in [2.75, 3.05) is 18.6 Å². The van der Waals surface area contributed by atoms with Gasteiger partial charge in [-0.2, -0.15) is 0 Å². The lowest BCUT2D eigenvalue weighted by atomic mass is 10.1. The highest BCUT2D eigenvalue weighted by Crippen LogP contribution is 2.34. The van der Waals surface area contributed by atoms with Gasteiger partial charge >= 0.3 is 5.97 Å². The Hall–Kier alpha value is -1.16. The van der Waals surface area contributed by atoms with Gasteiger partial charge in [-0.1, -0.05) is 18.9 Å². The number of benzene rings is 1. The van der Waals surface area contributed by atoms with Crippen molar-refractivity contribution in [2.24, 2.45) is 5.92 Å². The third kappa shape index (κ3) is 2.99. The highest BCUT2D eigenvalue weighted by Gasteiger charge is 2.17. The molecule has 3 nitrogen and oxygen atoms in total. The molecule has 0 radical (unpaired) electrons. The lowest BCUT2D eigenvalue weighted by molar-refractivity contribution is 0.0601. The number of esters is 1. The molecule has 0 aliphatic heterocycles. The zero-order valence-corrected chi connectivity index (χ0v) is 11.5. The Labute approximate surface area is 112 Å². The Morgan fingerprint density at radius 3 is 2.83 bits per heavy atom. The largest absolute Gasteiger partial charge is 0.465 e. The van der Waals surface area contributed by atoms with Crippen LogP contribution in [0.15, 0.2) is 23.1 Å². The number of hydrogen-bond donors (Lipinski definition) is 1. The van der Waals surface area contributed by atoms with Crippen molar-refractivity contribution in [3.05, 3.63) is 23.8 Å². The van der Waals surface area contributed by atoms with E-state index in [1.165, 1.54) is 32.8 Å². The van der Waals surface area contributed by atoms with Crippen LogP contribution in [0.25, 0.3) is 0 Å². The first-order valence-electron chi connectivity index (χ1n) is 6.32. The summed E-state index contributed by atoms with van der Waals surface area (Å²) in [4.78, 5) is 12.5. The first-order valence-corrected chi connectivity index (χ1v) is 7.30. The monoisotopic (exact) mass is 265 g/mol. The van der Waals surface area contributed by atoms with Crippen LogP contribution in [0.4, 0.5) is 5.69 Å². The van der Waals surface area contributed by atoms with Crippen LogP contribution in [0, 0.1) is 5.92 Å². The fraction of sp³-hybridized carbons (Fsp3) is 0.500. The van der Waals surface area contributed by atoms with Crippen LogP contribution in [-0.2, 0) is 4.74 Å². The number of anilines is 1. The molecule has 98 valence electrons. The second-order valence-corrected chi connectivity index (χ2v) is 5.73. The molecule has 0 unspecified atom stereocenters. The maximum atomic E-state index is 11.5. The van der Waals surface area contributed by atoms with E-state index in [1.54, 1.807) is 17.8 Å². The highest BCUT2D eigenvalue weighted by molar-refractivity contribution is 7.99. The number of carbonyl (C=O) groups excluding carboxylic acids is 1. The predicted molar refractivity (Wildman–Crippen MR) is 74.9 cm³/mol. The zero-order valence-electron chi connectivity index (χ0n) is 10.6. The summed E-state index contributed by atoms with van der Waals surface area (Å²) in [5, 5.41) is 0. The number of hydrogen-bond acceptors (Lipinski definition) is 4. The van der Waals surface area contributed by atoms with Crippen molar-refractivity contribution in [2.45, 2.75) is 30.6 Å². The van der Waals surface area contributed by atoms with Crippen LogP contribution in [0.1, 0.15) is 36.0 Å². The van der Waals surface area contributed by atoms with Gasteiger partial charge in [0.2, 0.25) is 0 Å². The number of carbonyl (C=O) groups is 1. The molecule has 1 aromatic carbocycles. The molecule has 0 bridgehead atoms. The van der Waals surface area contributed by atoms with E-state index in [0.717, 1.165) is 16.6 Å². The van der Waals surface area contributed by atoms with Crippen molar-refractivity contribution < 1.29 is 9.53 Å². The van der Waals surface area contributed by atoms with E-state index in [1.807, 2.05) is 12.1 Å². The average molecular weight is 265 g/mol. The van der Waals surface area contributed by atoms with Gasteiger partial charge in [-0.3, -0.25) is 0 Å². The van der Waals surface area contributed by atoms with Crippen LogP contribution in [0.5, 0.6) is 0 Å². The van der Waals surface area contributed by atoms with E-state index in [9.17, 15) is 4.79 Å². The smallest absolute Gasteiger partial charge is 0.339 e. The Bertz CT molecular complexity index is 428. The van der Waals surface area contributed by atoms with Crippen molar-refractivity contribution in [1.29, 1.82) is 0 Å². The second-order valence-electron chi connectivity index (χ2n) is 4.67. The molecule has 0 spiro atoms. The molecule has 2 N–H and O–H groups in total. The van der Waals surface area contributed by atoms with E-state index >= 15 is 0 Å². The van der Waals surface area contributed by atoms with Gasteiger partial charge in [0.1, 0.15) is 0 Å². The van der Waals surface area contributed by atoms with Crippen LogP contribution >= 0.6 is 11.8 Å². The minimum absolute atomic E-state index is 0.365. The molecular formula is C14H19NO2S. The van der Waals surface area contributed by atoms with E-state index in [2.05, 4.69) is 0 Å². The Balaban J connectivity index is 2.05. The van der Waals surface area contributed by atoms with Crippen LogP contribution in [0.3, 0.4) is 0 Å². The fourth-order valence-electron chi connectivity index (χ4n) is 2.34. The minimum atomic E-state index is -0.365. The average Bonchev–Trinajstić information content (AvgIpc) is 2.90. The van der Waals surface area contributed by atoms with Crippen LogP contribution in [0.2, 0.25) is 0 Å². The second kappa shape index (κ2) is 6.14. The third-order valence-electron chi connectivity index (χ3n) is 3.42. The zero-order chi connectivity index (χ0) is 13.0. The molecule has 0 amide bonds. The third-order valence-corrected chi connectivity index (χ3v) is 4.73. The van der Waals surface area contributed by atoms with Crippen LogP contribution in [-0.4, -0.2) is 18.8 Å². The van der Waals surface area contributed by atoms with E-state index in [-0.39, 0.29) is 5.97 Å². The topological polar surface area (TPSA) is 52.3 Å². The van der Waals surface area contributed by atoms with Crippen molar-refractivity contribution in [1.82, 2.24) is 0 Å². The van der Waals surface area contributed by atoms with Gasteiger partial charge in [0.15, 0.2) is 0 Å². The van der Waals surface area contributed by atoms with Gasteiger partial charge in [0.25, 0.3) is 0 Å². The first-order chi connectivity index (χ1) is 8.72. The summed E-state index contributed by atoms with van der Waals surface area (Å²) >= 11 is 1.75. The van der Waals surface area contributed by atoms with Crippen molar-refractivity contribution in [3.8, 4) is 0 Å². The Morgan fingerprint density at radius 2 is 2.17 bits per heavy atom. The predicted octanol–water partition coefficient (Wildman–Crippen LogP) is 3.34. The lowest BCUT2D eigenvalue weighted by Gasteiger charge is -2.12. The molecule has 0 saturated heterocycles. The standard InChI is InChI=1S/C14H19NO2S/c1-17-14(16)11-7-4-8-12(13(11)15)18-9-10-5-2-3-6-10/h4,7-8,10H,2-3,5-6,9,15H2,1H3. The Kier molecular flexibility index (Phi) is 4.53. The van der Waals surface area contributed by atoms with Crippen molar-refractivity contribution in [3.63, 3.8) is 0 Å². The lowest BCUT2D eigenvalue weighted by Crippen LogP contribution is -2.06. The molecule has 1 aliphatic carbocycles. The number of ether oxygens (including phenoxy) is 1. The van der Waals surface area contributed by atoms with Gasteiger partial charge in [-0.25, -0.2) is 4.79 Å². The molecule has 1 aromatic rings. The number of methoxy groups -OCH3 is 1.